The Morgan fingerprint density at radius 3 is 1.88 bits per heavy atom. The fraction of sp³-hybridized carbons (Fsp3) is 0.579. The maximum absolute atomic E-state index is 14.1. The van der Waals surface area contributed by atoms with Gasteiger partial charge in [-0.25, -0.2) is 9.59 Å². The summed E-state index contributed by atoms with van der Waals surface area (Å²) in [5.41, 5.74) is -1.77. The maximum Gasteiger partial charge on any atom is 0.332 e. The van der Waals surface area contributed by atoms with Crippen LogP contribution in [0.2, 0.25) is 0 Å². The molecule has 4 N–H and O–H groups in total. The van der Waals surface area contributed by atoms with Gasteiger partial charge in [-0.15, -0.1) is 0 Å². The molecule has 12 nitrogen and oxygen atoms in total. The molecule has 2 aromatic rings. The molecule has 2 heterocycles. The summed E-state index contributed by atoms with van der Waals surface area (Å²) in [6.45, 7) is 18.0. The summed E-state index contributed by atoms with van der Waals surface area (Å²) in [6.07, 6.45) is 1.56. The van der Waals surface area contributed by atoms with Crippen molar-refractivity contribution in [2.75, 3.05) is 16.0 Å². The van der Waals surface area contributed by atoms with E-state index in [0.29, 0.717) is 40.5 Å². The molecule has 0 bridgehead atoms. The van der Waals surface area contributed by atoms with E-state index in [2.05, 4.69) is 21.3 Å². The molecule has 272 valence electrons. The Morgan fingerprint density at radius 2 is 1.30 bits per heavy atom. The van der Waals surface area contributed by atoms with Gasteiger partial charge in [-0.2, -0.15) is 0 Å². The molecule has 5 rings (SSSR count). The number of nitrogens with one attached hydrogen (secondary N) is 4. The van der Waals surface area contributed by atoms with Gasteiger partial charge in [0, 0.05) is 11.7 Å². The van der Waals surface area contributed by atoms with Crippen molar-refractivity contribution in [3.63, 3.8) is 0 Å². The van der Waals surface area contributed by atoms with Crippen LogP contribution in [0.5, 0.6) is 11.5 Å². The van der Waals surface area contributed by atoms with E-state index in [4.69, 9.17) is 18.9 Å². The summed E-state index contributed by atoms with van der Waals surface area (Å²) in [5, 5.41) is 12.9. The minimum Gasteiger partial charge on any atom is -0.479 e. The molecule has 2 aliphatic heterocycles. The van der Waals surface area contributed by atoms with Crippen LogP contribution in [0.3, 0.4) is 0 Å². The predicted molar refractivity (Wildman–Crippen MR) is 190 cm³/mol. The Balaban J connectivity index is 1.46. The Kier molecular flexibility index (Phi) is 9.92. The Labute approximate surface area is 294 Å². The summed E-state index contributed by atoms with van der Waals surface area (Å²) < 4.78 is 23.5. The van der Waals surface area contributed by atoms with Crippen molar-refractivity contribution in [3.05, 3.63) is 42.0 Å². The van der Waals surface area contributed by atoms with Crippen LogP contribution in [0.4, 0.5) is 17.1 Å². The van der Waals surface area contributed by atoms with Crippen LogP contribution in [-0.4, -0.2) is 58.7 Å². The number of hydrogen-bond acceptors (Lipinski definition) is 10. The molecule has 6 unspecified atom stereocenters. The predicted octanol–water partition coefficient (Wildman–Crippen LogP) is 6.04. The molecule has 0 radical (unpaired) electrons. The van der Waals surface area contributed by atoms with Gasteiger partial charge in [0.15, 0.2) is 12.2 Å². The molecule has 0 spiro atoms. The van der Waals surface area contributed by atoms with Crippen molar-refractivity contribution in [2.24, 2.45) is 5.92 Å². The number of amides is 2. The normalized spacial score (nSPS) is 24.4. The smallest absolute Gasteiger partial charge is 0.332 e. The SMILES string of the molecule is CC1Oc2ccc(NC(C)(C(=O)OC(C)(C)C)C3CCCC(NC(C)(C(=O)OC(C)(C)C)c4ccc5c(c4)NC(=O)C(C)O5)C3)cc2NC1=O. The minimum atomic E-state index is -1.31. The summed E-state index contributed by atoms with van der Waals surface area (Å²) >= 11 is 0. The van der Waals surface area contributed by atoms with Crippen LogP contribution in [0.25, 0.3) is 0 Å². The summed E-state index contributed by atoms with van der Waals surface area (Å²) in [6, 6.07) is 10.5. The first-order valence-electron chi connectivity index (χ1n) is 17.4. The second-order valence-electron chi connectivity index (χ2n) is 16.1. The first-order valence-corrected chi connectivity index (χ1v) is 17.4. The highest BCUT2D eigenvalue weighted by atomic mass is 16.6. The van der Waals surface area contributed by atoms with Crippen LogP contribution < -0.4 is 30.7 Å². The van der Waals surface area contributed by atoms with Crippen molar-refractivity contribution in [1.82, 2.24) is 5.32 Å². The van der Waals surface area contributed by atoms with Crippen molar-refractivity contribution in [1.29, 1.82) is 0 Å². The first-order chi connectivity index (χ1) is 23.2. The van der Waals surface area contributed by atoms with Crippen molar-refractivity contribution in [3.8, 4) is 11.5 Å². The largest absolute Gasteiger partial charge is 0.479 e. The second kappa shape index (κ2) is 13.4. The Morgan fingerprint density at radius 1 is 0.760 bits per heavy atom. The van der Waals surface area contributed by atoms with Crippen LogP contribution in [-0.2, 0) is 34.2 Å². The summed E-state index contributed by atoms with van der Waals surface area (Å²) in [5.74, 6) is -0.539. The van der Waals surface area contributed by atoms with E-state index in [9.17, 15) is 19.2 Å². The molecule has 6 atom stereocenters. The quantitative estimate of drug-likeness (QED) is 0.241. The third-order valence-corrected chi connectivity index (χ3v) is 9.42. The number of rotatable bonds is 8. The third-order valence-electron chi connectivity index (χ3n) is 9.42. The molecule has 50 heavy (non-hydrogen) atoms. The van der Waals surface area contributed by atoms with Crippen LogP contribution in [0.1, 0.15) is 100 Å². The summed E-state index contributed by atoms with van der Waals surface area (Å²) in [7, 11) is 0. The second-order valence-corrected chi connectivity index (χ2v) is 16.1. The van der Waals surface area contributed by atoms with Gasteiger partial charge in [0.25, 0.3) is 11.8 Å². The van der Waals surface area contributed by atoms with E-state index < -0.39 is 46.4 Å². The van der Waals surface area contributed by atoms with Crippen LogP contribution >= 0.6 is 0 Å². The van der Waals surface area contributed by atoms with Gasteiger partial charge < -0.3 is 34.9 Å². The molecule has 2 aromatic carbocycles. The first kappa shape index (κ1) is 36.9. The molecule has 0 saturated heterocycles. The lowest BCUT2D eigenvalue weighted by atomic mass is 9.72. The zero-order valence-electron chi connectivity index (χ0n) is 30.9. The number of hydrogen-bond donors (Lipinski definition) is 4. The van der Waals surface area contributed by atoms with Crippen molar-refractivity contribution >= 4 is 40.8 Å². The zero-order chi connectivity index (χ0) is 36.8. The number of esters is 2. The monoisotopic (exact) mass is 692 g/mol. The molecule has 2 amide bonds. The van der Waals surface area contributed by atoms with Gasteiger partial charge in [-0.1, -0.05) is 12.5 Å². The van der Waals surface area contributed by atoms with Gasteiger partial charge in [0.1, 0.15) is 33.8 Å². The molecule has 1 fully saturated rings. The van der Waals surface area contributed by atoms with E-state index in [1.165, 1.54) is 0 Å². The Hall–Kier alpha value is -4.32. The lowest BCUT2D eigenvalue weighted by molar-refractivity contribution is -0.165. The third kappa shape index (κ3) is 8.01. The Bertz CT molecular complexity index is 1660. The summed E-state index contributed by atoms with van der Waals surface area (Å²) in [4.78, 5) is 53.0. The highest BCUT2D eigenvalue weighted by Gasteiger charge is 2.48. The lowest BCUT2D eigenvalue weighted by Gasteiger charge is -2.44. The highest BCUT2D eigenvalue weighted by Crippen LogP contribution is 2.41. The van der Waals surface area contributed by atoms with Gasteiger partial charge in [-0.05, 0) is 130 Å². The molecular formula is C38H52N4O8. The number of benzene rings is 2. The highest BCUT2D eigenvalue weighted by molar-refractivity contribution is 5.99. The standard InChI is InChI=1S/C38H52N4O8/c1-21-31(43)39-27-19-24(14-16-29(27)47-21)38(10,34(46)50-36(6,7)8)41-25-13-11-12-23(18-25)37(9,33(45)49-35(3,4)5)42-26-15-17-30-28(20-26)40-32(44)22(2)48-30/h14-17,19-23,25,41-42H,11-13,18H2,1-10H3,(H,39,43)(H,40,44). The number of anilines is 3. The minimum absolute atomic E-state index is 0.200. The van der Waals surface area contributed by atoms with E-state index in [1.807, 2.05) is 60.6 Å². The average molecular weight is 693 g/mol. The van der Waals surface area contributed by atoms with Crippen LogP contribution in [0, 0.1) is 5.92 Å². The van der Waals surface area contributed by atoms with Gasteiger partial charge >= 0.3 is 11.9 Å². The number of fused-ring (bicyclic) bond motifs is 2. The van der Waals surface area contributed by atoms with Gasteiger partial charge in [0.05, 0.1) is 11.4 Å². The maximum atomic E-state index is 14.1. The fourth-order valence-corrected chi connectivity index (χ4v) is 6.70. The topological polar surface area (TPSA) is 153 Å². The van der Waals surface area contributed by atoms with Crippen molar-refractivity contribution in [2.45, 2.75) is 135 Å². The van der Waals surface area contributed by atoms with E-state index in [-0.39, 0.29) is 23.8 Å². The molecular weight excluding hydrogens is 640 g/mol. The van der Waals surface area contributed by atoms with Crippen LogP contribution in [0.15, 0.2) is 36.4 Å². The van der Waals surface area contributed by atoms with Crippen molar-refractivity contribution < 1.29 is 38.1 Å². The molecule has 12 heteroatoms. The van der Waals surface area contributed by atoms with E-state index in [1.54, 1.807) is 45.0 Å². The molecule has 1 aliphatic carbocycles. The lowest BCUT2D eigenvalue weighted by Crippen LogP contribution is -2.58. The molecule has 0 aromatic heterocycles. The molecule has 3 aliphatic rings. The average Bonchev–Trinajstić information content (AvgIpc) is 3.00. The number of carbonyl (C=O) groups excluding carboxylic acids is 4. The van der Waals surface area contributed by atoms with E-state index >= 15 is 0 Å². The number of ether oxygens (including phenoxy) is 4. The fourth-order valence-electron chi connectivity index (χ4n) is 6.70. The molecule has 1 saturated carbocycles. The van der Waals surface area contributed by atoms with Gasteiger partial charge in [-0.3, -0.25) is 14.9 Å². The number of carbonyl (C=O) groups is 4. The van der Waals surface area contributed by atoms with Gasteiger partial charge in [0.2, 0.25) is 0 Å². The van der Waals surface area contributed by atoms with E-state index in [0.717, 1.165) is 19.3 Å². The zero-order valence-corrected chi connectivity index (χ0v) is 30.9.